The number of fused-ring (bicyclic) bond motifs is 1. The summed E-state index contributed by atoms with van der Waals surface area (Å²) in [5.41, 5.74) is 2.23. The first-order valence-corrected chi connectivity index (χ1v) is 11.7. The molecule has 0 aromatic carbocycles. The average Bonchev–Trinajstić information content (AvgIpc) is 3.38. The molecule has 0 aliphatic heterocycles. The molecule has 4 rings (SSSR count). The number of alkyl halides is 1. The highest BCUT2D eigenvalue weighted by Gasteiger charge is 2.28. The topological polar surface area (TPSA) is 114 Å². The Labute approximate surface area is 180 Å². The summed E-state index contributed by atoms with van der Waals surface area (Å²) in [7, 11) is -3.89. The number of nitriles is 1. The predicted octanol–water partition coefficient (Wildman–Crippen LogP) is 3.42. The molecule has 1 saturated carbocycles. The number of pyridine rings is 1. The van der Waals surface area contributed by atoms with Crippen LogP contribution in [0.15, 0.2) is 29.4 Å². The van der Waals surface area contributed by atoms with Crippen molar-refractivity contribution in [1.29, 1.82) is 5.26 Å². The van der Waals surface area contributed by atoms with Gasteiger partial charge in [-0.3, -0.25) is 4.98 Å². The van der Waals surface area contributed by atoms with Gasteiger partial charge in [0.2, 0.25) is 10.0 Å². The van der Waals surface area contributed by atoms with Crippen LogP contribution in [0.4, 0.5) is 4.39 Å². The predicted molar refractivity (Wildman–Crippen MR) is 113 cm³/mol. The van der Waals surface area contributed by atoms with Crippen LogP contribution < -0.4 is 4.72 Å². The zero-order valence-electron chi connectivity index (χ0n) is 17.3. The van der Waals surface area contributed by atoms with Gasteiger partial charge in [0.25, 0.3) is 0 Å². The fourth-order valence-electron chi connectivity index (χ4n) is 4.10. The molecule has 0 spiro atoms. The maximum absolute atomic E-state index is 12.7. The second-order valence-electron chi connectivity index (χ2n) is 7.85. The van der Waals surface area contributed by atoms with Crippen molar-refractivity contribution in [2.24, 2.45) is 0 Å². The number of hydrogen-bond acceptors (Lipinski definition) is 6. The second kappa shape index (κ2) is 8.32. The fourth-order valence-corrected chi connectivity index (χ4v) is 5.27. The Morgan fingerprint density at radius 2 is 2.03 bits per heavy atom. The second-order valence-corrected chi connectivity index (χ2v) is 9.57. The highest BCUT2D eigenvalue weighted by atomic mass is 32.2. The Kier molecular flexibility index (Phi) is 5.73. The van der Waals surface area contributed by atoms with Crippen LogP contribution in [0.3, 0.4) is 0 Å². The molecule has 0 saturated heterocycles. The van der Waals surface area contributed by atoms with Gasteiger partial charge in [-0.15, -0.1) is 0 Å². The van der Waals surface area contributed by atoms with Crippen LogP contribution in [0.5, 0.6) is 0 Å². The van der Waals surface area contributed by atoms with Crippen molar-refractivity contribution in [1.82, 2.24) is 24.2 Å². The lowest BCUT2D eigenvalue weighted by atomic mass is 10.1. The van der Waals surface area contributed by atoms with Crippen molar-refractivity contribution in [2.75, 3.05) is 6.67 Å². The lowest BCUT2D eigenvalue weighted by molar-refractivity contribution is 0.423. The van der Waals surface area contributed by atoms with Gasteiger partial charge in [-0.05, 0) is 38.8 Å². The minimum atomic E-state index is -3.89. The van der Waals surface area contributed by atoms with Crippen LogP contribution in [0.25, 0.3) is 22.4 Å². The maximum atomic E-state index is 12.7. The largest absolute Gasteiger partial charge is 0.320 e. The third kappa shape index (κ3) is 3.91. The Morgan fingerprint density at radius 1 is 1.29 bits per heavy atom. The number of sulfonamides is 1. The number of nitrogens with zero attached hydrogens (tertiary/aromatic N) is 5. The van der Waals surface area contributed by atoms with Crippen molar-refractivity contribution in [3.8, 4) is 17.5 Å². The maximum Gasteiger partial charge on any atom is 0.242 e. The highest BCUT2D eigenvalue weighted by molar-refractivity contribution is 7.89. The number of hydrogen-bond donors (Lipinski definition) is 1. The van der Waals surface area contributed by atoms with E-state index in [4.69, 9.17) is 0 Å². The summed E-state index contributed by atoms with van der Waals surface area (Å²) in [6, 6.07) is 4.62. The number of aryl methyl sites for hydroxylation is 1. The summed E-state index contributed by atoms with van der Waals surface area (Å²) in [5.74, 6) is 0.614. The van der Waals surface area contributed by atoms with Crippen LogP contribution in [0, 0.1) is 18.3 Å². The van der Waals surface area contributed by atoms with E-state index in [0.717, 1.165) is 25.7 Å². The monoisotopic (exact) mass is 442 g/mol. The Hall–Kier alpha value is -2.90. The molecular formula is C21H23FN6O2S. The third-order valence-corrected chi connectivity index (χ3v) is 7.12. The van der Waals surface area contributed by atoms with Gasteiger partial charge in [0.05, 0.1) is 22.3 Å². The van der Waals surface area contributed by atoms with E-state index in [-0.39, 0.29) is 10.9 Å². The number of rotatable bonds is 6. The molecule has 3 heterocycles. The summed E-state index contributed by atoms with van der Waals surface area (Å²) in [4.78, 5) is 13.2. The van der Waals surface area contributed by atoms with E-state index < -0.39 is 22.7 Å². The van der Waals surface area contributed by atoms with Crippen molar-refractivity contribution < 1.29 is 12.8 Å². The van der Waals surface area contributed by atoms with E-state index in [9.17, 15) is 18.1 Å². The van der Waals surface area contributed by atoms with Gasteiger partial charge in [-0.2, -0.15) is 5.26 Å². The molecule has 1 aliphatic carbocycles. The molecule has 3 aromatic rings. The van der Waals surface area contributed by atoms with Crippen molar-refractivity contribution in [2.45, 2.75) is 56.5 Å². The molecule has 1 fully saturated rings. The fraction of sp³-hybridized carbons (Fsp3) is 0.429. The third-order valence-electron chi connectivity index (χ3n) is 5.54. The van der Waals surface area contributed by atoms with Gasteiger partial charge in [-0.1, -0.05) is 12.8 Å². The smallest absolute Gasteiger partial charge is 0.242 e. The van der Waals surface area contributed by atoms with E-state index in [2.05, 4.69) is 30.3 Å². The van der Waals surface area contributed by atoms with Crippen LogP contribution in [-0.4, -0.2) is 40.7 Å². The van der Waals surface area contributed by atoms with E-state index in [1.165, 1.54) is 19.2 Å². The summed E-state index contributed by atoms with van der Waals surface area (Å²) in [5, 5.41) is 10.6. The van der Waals surface area contributed by atoms with Gasteiger partial charge in [0.15, 0.2) is 0 Å². The molecule has 3 aromatic heterocycles. The molecule has 10 heteroatoms. The normalized spacial score (nSPS) is 15.9. The van der Waals surface area contributed by atoms with Crippen molar-refractivity contribution in [3.05, 3.63) is 35.9 Å². The van der Waals surface area contributed by atoms with Crippen LogP contribution in [-0.2, 0) is 10.0 Å². The van der Waals surface area contributed by atoms with Crippen LogP contribution >= 0.6 is 0 Å². The molecule has 0 amide bonds. The average molecular weight is 443 g/mol. The molecule has 8 nitrogen and oxygen atoms in total. The Morgan fingerprint density at radius 3 is 2.65 bits per heavy atom. The lowest BCUT2D eigenvalue weighted by Gasteiger charge is -2.17. The van der Waals surface area contributed by atoms with Crippen molar-refractivity contribution >= 4 is 21.1 Å². The summed E-state index contributed by atoms with van der Waals surface area (Å²) < 4.78 is 41.9. The summed E-state index contributed by atoms with van der Waals surface area (Å²) >= 11 is 0. The standard InChI is InChI=1S/C21H23FN6O2S/c1-13(9-22)27-31(29,30)16-7-8-19(25-11-16)20-17(10-23)18-12-24-14(2)26-21(18)28(20)15-5-3-4-6-15/h7-8,11-13,15,27H,3-6,9H2,1-2H3/t13-/m0/s1. The molecule has 0 radical (unpaired) electrons. The number of nitrogens with one attached hydrogen (secondary N) is 1. The molecule has 31 heavy (non-hydrogen) atoms. The zero-order chi connectivity index (χ0) is 22.2. The first-order valence-electron chi connectivity index (χ1n) is 10.2. The van der Waals surface area contributed by atoms with Crippen molar-refractivity contribution in [3.63, 3.8) is 0 Å². The quantitative estimate of drug-likeness (QED) is 0.626. The van der Waals surface area contributed by atoms with Gasteiger partial charge in [-0.25, -0.2) is 27.5 Å². The molecule has 1 atom stereocenters. The Bertz CT molecular complexity index is 1260. The minimum absolute atomic E-state index is 0.0609. The Balaban J connectivity index is 1.86. The van der Waals surface area contributed by atoms with E-state index in [1.54, 1.807) is 19.2 Å². The van der Waals surface area contributed by atoms with E-state index in [1.807, 2.05) is 0 Å². The molecular weight excluding hydrogens is 419 g/mol. The van der Waals surface area contributed by atoms with Gasteiger partial charge in [0.1, 0.15) is 29.1 Å². The van der Waals surface area contributed by atoms with Gasteiger partial charge in [0, 0.05) is 24.5 Å². The molecule has 0 bridgehead atoms. The van der Waals surface area contributed by atoms with E-state index in [0.29, 0.717) is 33.8 Å². The molecule has 1 N–H and O–H groups in total. The first-order chi connectivity index (χ1) is 14.9. The number of halogens is 1. The zero-order valence-corrected chi connectivity index (χ0v) is 18.2. The highest BCUT2D eigenvalue weighted by Crippen LogP contribution is 2.40. The molecule has 0 unspecified atom stereocenters. The SMILES string of the molecule is Cc1ncc2c(C#N)c(-c3ccc(S(=O)(=O)N[C@@H](C)CF)cn3)n(C3CCCC3)c2n1. The molecule has 162 valence electrons. The number of aromatic nitrogens is 4. The van der Waals surface area contributed by atoms with Crippen LogP contribution in [0.1, 0.15) is 50.0 Å². The minimum Gasteiger partial charge on any atom is -0.320 e. The summed E-state index contributed by atoms with van der Waals surface area (Å²) in [6.07, 6.45) is 7.03. The van der Waals surface area contributed by atoms with E-state index >= 15 is 0 Å². The molecule has 1 aliphatic rings. The van der Waals surface area contributed by atoms with Gasteiger partial charge < -0.3 is 4.57 Å². The summed E-state index contributed by atoms with van der Waals surface area (Å²) in [6.45, 7) is 2.44. The van der Waals surface area contributed by atoms with Crippen LogP contribution in [0.2, 0.25) is 0 Å². The lowest BCUT2D eigenvalue weighted by Crippen LogP contribution is -2.34. The van der Waals surface area contributed by atoms with Gasteiger partial charge >= 0.3 is 0 Å². The first kappa shape index (κ1) is 21.3.